The van der Waals surface area contributed by atoms with Crippen LogP contribution in [0.3, 0.4) is 0 Å². The summed E-state index contributed by atoms with van der Waals surface area (Å²) in [5, 5.41) is 0. The average molecular weight is 260 g/mol. The lowest BCUT2D eigenvalue weighted by Crippen LogP contribution is -2.53. The number of hydrogen-bond acceptors (Lipinski definition) is 4. The number of methoxy groups -OCH3 is 1. The second kappa shape index (κ2) is 4.35. The molecule has 1 aliphatic heterocycles. The largest absolute Gasteiger partial charge is 0.468 e. The van der Waals surface area contributed by atoms with Gasteiger partial charge in [0.25, 0.3) is 0 Å². The molecule has 0 radical (unpaired) electrons. The van der Waals surface area contributed by atoms with Crippen LogP contribution in [0.5, 0.6) is 0 Å². The second-order valence-corrected chi connectivity index (χ2v) is 4.84. The lowest BCUT2D eigenvalue weighted by Gasteiger charge is -2.38. The Bertz CT molecular complexity index is 629. The summed E-state index contributed by atoms with van der Waals surface area (Å²) in [6.07, 6.45) is 0.856. The van der Waals surface area contributed by atoms with Gasteiger partial charge in [0.15, 0.2) is 0 Å². The molecule has 0 bridgehead atoms. The van der Waals surface area contributed by atoms with E-state index in [4.69, 9.17) is 9.47 Å². The van der Waals surface area contributed by atoms with Crippen molar-refractivity contribution in [2.24, 2.45) is 0 Å². The number of ether oxygens (including phenoxy) is 2. The monoisotopic (exact) mass is 260 g/mol. The third-order valence-electron chi connectivity index (χ3n) is 3.69. The van der Waals surface area contributed by atoms with Gasteiger partial charge >= 0.3 is 5.97 Å². The number of aromatic nitrogens is 2. The maximum Gasteiger partial charge on any atom is 0.321 e. The summed E-state index contributed by atoms with van der Waals surface area (Å²) in [7, 11) is 1.41. The van der Waals surface area contributed by atoms with Gasteiger partial charge in [-0.2, -0.15) is 0 Å². The molecule has 1 aromatic carbocycles. The highest BCUT2D eigenvalue weighted by molar-refractivity contribution is 5.87. The van der Waals surface area contributed by atoms with Crippen molar-refractivity contribution in [2.45, 2.75) is 18.8 Å². The van der Waals surface area contributed by atoms with Crippen molar-refractivity contribution in [1.82, 2.24) is 9.97 Å². The average Bonchev–Trinajstić information content (AvgIpc) is 2.79. The van der Waals surface area contributed by atoms with Gasteiger partial charge in [0.1, 0.15) is 11.2 Å². The molecule has 0 amide bonds. The molecular weight excluding hydrogens is 244 g/mol. The lowest BCUT2D eigenvalue weighted by atomic mass is 9.78. The Morgan fingerprint density at radius 1 is 1.53 bits per heavy atom. The number of benzene rings is 1. The van der Waals surface area contributed by atoms with Gasteiger partial charge in [-0.1, -0.05) is 13.0 Å². The Morgan fingerprint density at radius 3 is 2.89 bits per heavy atom. The minimum Gasteiger partial charge on any atom is -0.468 e. The first-order valence-electron chi connectivity index (χ1n) is 6.35. The minimum atomic E-state index is -0.652. The molecule has 0 saturated carbocycles. The fraction of sp³-hybridized carbons (Fsp3) is 0.429. The molecule has 1 saturated heterocycles. The number of hydrogen-bond donors (Lipinski definition) is 1. The minimum absolute atomic E-state index is 0.242. The molecule has 19 heavy (non-hydrogen) atoms. The topological polar surface area (TPSA) is 64.2 Å². The summed E-state index contributed by atoms with van der Waals surface area (Å²) in [5.41, 5.74) is 2.13. The van der Waals surface area contributed by atoms with Gasteiger partial charge in [0.2, 0.25) is 0 Å². The van der Waals surface area contributed by atoms with Crippen LogP contribution in [0.25, 0.3) is 11.0 Å². The van der Waals surface area contributed by atoms with Gasteiger partial charge in [-0.25, -0.2) is 4.98 Å². The van der Waals surface area contributed by atoms with E-state index in [1.807, 2.05) is 25.1 Å². The van der Waals surface area contributed by atoms with Crippen molar-refractivity contribution in [3.8, 4) is 0 Å². The van der Waals surface area contributed by atoms with Crippen molar-refractivity contribution < 1.29 is 14.3 Å². The van der Waals surface area contributed by atoms with Gasteiger partial charge in [0, 0.05) is 6.42 Å². The fourth-order valence-electron chi connectivity index (χ4n) is 2.43. The number of fused-ring (bicyclic) bond motifs is 1. The summed E-state index contributed by atoms with van der Waals surface area (Å²) in [4.78, 5) is 19.7. The van der Waals surface area contributed by atoms with E-state index in [0.29, 0.717) is 13.2 Å². The number of H-pyrrole nitrogens is 1. The van der Waals surface area contributed by atoms with Gasteiger partial charge in [0.05, 0.1) is 31.4 Å². The van der Waals surface area contributed by atoms with Crippen molar-refractivity contribution in [1.29, 1.82) is 0 Å². The summed E-state index contributed by atoms with van der Waals surface area (Å²) in [6.45, 7) is 2.80. The summed E-state index contributed by atoms with van der Waals surface area (Å²) >= 11 is 0. The molecule has 1 N–H and O–H groups in total. The first-order valence-corrected chi connectivity index (χ1v) is 6.35. The molecular formula is C14H16N2O3. The van der Waals surface area contributed by atoms with Crippen molar-refractivity contribution in [3.05, 3.63) is 29.6 Å². The summed E-state index contributed by atoms with van der Waals surface area (Å²) in [6, 6.07) is 5.84. The number of carbonyl (C=O) groups excluding carboxylic acids is 1. The zero-order chi connectivity index (χ0) is 13.5. The van der Waals surface area contributed by atoms with Crippen LogP contribution in [-0.4, -0.2) is 36.3 Å². The predicted molar refractivity (Wildman–Crippen MR) is 70.0 cm³/mol. The third kappa shape index (κ3) is 1.73. The highest BCUT2D eigenvalue weighted by Crippen LogP contribution is 2.35. The van der Waals surface area contributed by atoms with Crippen molar-refractivity contribution in [3.63, 3.8) is 0 Å². The van der Waals surface area contributed by atoms with E-state index in [0.717, 1.165) is 28.8 Å². The molecule has 0 unspecified atom stereocenters. The van der Waals surface area contributed by atoms with Crippen LogP contribution >= 0.6 is 0 Å². The highest BCUT2D eigenvalue weighted by Gasteiger charge is 2.48. The Balaban J connectivity index is 2.07. The lowest BCUT2D eigenvalue weighted by molar-refractivity contribution is -0.166. The summed E-state index contributed by atoms with van der Waals surface area (Å²) in [5.74, 6) is 0.706. The molecule has 5 nitrogen and oxygen atoms in total. The van der Waals surface area contributed by atoms with Crippen LogP contribution in [-0.2, 0) is 26.1 Å². The standard InChI is InChI=1S/C14H16N2O3/c1-3-12-15-10-5-4-9(6-11(10)16-12)14(7-19-8-14)13(17)18-2/h4-6H,3,7-8H2,1-2H3,(H,15,16). The number of aryl methyl sites for hydroxylation is 1. The molecule has 1 aromatic heterocycles. The highest BCUT2D eigenvalue weighted by atomic mass is 16.5. The van der Waals surface area contributed by atoms with Crippen LogP contribution in [0.15, 0.2) is 18.2 Å². The molecule has 2 heterocycles. The number of nitrogens with one attached hydrogen (secondary N) is 1. The number of aromatic amines is 1. The molecule has 100 valence electrons. The number of nitrogens with zero attached hydrogens (tertiary/aromatic N) is 1. The first-order chi connectivity index (χ1) is 9.19. The Labute approximate surface area is 110 Å². The molecule has 0 atom stereocenters. The molecule has 1 aliphatic rings. The van der Waals surface area contributed by atoms with Crippen LogP contribution in [0.2, 0.25) is 0 Å². The van der Waals surface area contributed by atoms with Gasteiger partial charge in [-0.15, -0.1) is 0 Å². The van der Waals surface area contributed by atoms with E-state index in [9.17, 15) is 4.79 Å². The van der Waals surface area contributed by atoms with Gasteiger partial charge < -0.3 is 14.5 Å². The van der Waals surface area contributed by atoms with Crippen LogP contribution in [0.1, 0.15) is 18.3 Å². The smallest absolute Gasteiger partial charge is 0.321 e. The zero-order valence-electron chi connectivity index (χ0n) is 11.0. The van der Waals surface area contributed by atoms with E-state index in [1.54, 1.807) is 0 Å². The number of carbonyl (C=O) groups is 1. The van der Waals surface area contributed by atoms with Crippen molar-refractivity contribution >= 4 is 17.0 Å². The number of imidazole rings is 1. The Morgan fingerprint density at radius 2 is 2.32 bits per heavy atom. The zero-order valence-corrected chi connectivity index (χ0v) is 11.0. The number of rotatable bonds is 3. The van der Waals surface area contributed by atoms with Crippen molar-refractivity contribution in [2.75, 3.05) is 20.3 Å². The van der Waals surface area contributed by atoms with Crippen LogP contribution < -0.4 is 0 Å². The normalized spacial score (nSPS) is 17.2. The molecule has 0 spiro atoms. The fourth-order valence-corrected chi connectivity index (χ4v) is 2.43. The van der Waals surface area contributed by atoms with E-state index in [-0.39, 0.29) is 5.97 Å². The van der Waals surface area contributed by atoms with E-state index in [1.165, 1.54) is 7.11 Å². The first kappa shape index (κ1) is 12.2. The van der Waals surface area contributed by atoms with E-state index >= 15 is 0 Å². The van der Waals surface area contributed by atoms with Crippen LogP contribution in [0.4, 0.5) is 0 Å². The quantitative estimate of drug-likeness (QED) is 0.851. The third-order valence-corrected chi connectivity index (χ3v) is 3.69. The Kier molecular flexibility index (Phi) is 2.78. The maximum atomic E-state index is 12.0. The predicted octanol–water partition coefficient (Wildman–Crippen LogP) is 1.57. The van der Waals surface area contributed by atoms with Gasteiger partial charge in [-0.3, -0.25) is 4.79 Å². The molecule has 5 heteroatoms. The second-order valence-electron chi connectivity index (χ2n) is 4.84. The SMILES string of the molecule is CCc1nc2ccc(C3(C(=O)OC)COC3)cc2[nH]1. The van der Waals surface area contributed by atoms with E-state index < -0.39 is 5.41 Å². The van der Waals surface area contributed by atoms with Gasteiger partial charge in [-0.05, 0) is 17.7 Å². The summed E-state index contributed by atoms with van der Waals surface area (Å²) < 4.78 is 10.1. The molecule has 2 aromatic rings. The molecule has 1 fully saturated rings. The molecule has 0 aliphatic carbocycles. The van der Waals surface area contributed by atoms with Crippen LogP contribution in [0, 0.1) is 0 Å². The molecule has 3 rings (SSSR count). The van der Waals surface area contributed by atoms with E-state index in [2.05, 4.69) is 9.97 Å². The Hall–Kier alpha value is -1.88. The number of esters is 1. The maximum absolute atomic E-state index is 12.0.